The van der Waals surface area contributed by atoms with E-state index in [1.165, 1.54) is 69.5 Å². The van der Waals surface area contributed by atoms with Crippen LogP contribution in [-0.4, -0.2) is 281 Å². The van der Waals surface area contributed by atoms with Crippen molar-refractivity contribution < 1.29 is 84.2 Å². The molecule has 4 saturated carbocycles. The SMILES string of the molecule is CCO[C@@H]1C[C@H]2C(=O)NC3(CCC3)C(=O)N(C)[C@@H](C(CC)CC)C(=O)N(C)[C@H](C(=O)N3CCCC3)CC(=O)N(C)[C@H]3CCC/C=C/C4CCC(CC4)C[C@@H](C(=O)N(C)CC(=O)N[C@@H](CCC4CC(F)C(C(F)(F)F)C(F)C4)C(=O)N2C1)N1CC/C=C\C[C@@H](C1=O)N(C)C(=O)CN(C1CC1)C(=O)[C@H]([C@@H](C)CC)NC3=O. The van der Waals surface area contributed by atoms with E-state index in [9.17, 15) is 18.0 Å². The molecule has 25 nitrogen and oxygen atoms in total. The van der Waals surface area contributed by atoms with Crippen LogP contribution >= 0.6 is 0 Å². The molecular formula is C79H121F5N12O13. The van der Waals surface area contributed by atoms with Crippen LogP contribution < -0.4 is 16.0 Å². The molecule has 6 fully saturated rings. The zero-order valence-corrected chi connectivity index (χ0v) is 65.8. The normalized spacial score (nSPS) is 33.2. The minimum absolute atomic E-state index is 0.0279. The molecule has 12 amide bonds. The van der Waals surface area contributed by atoms with Gasteiger partial charge in [-0.1, -0.05) is 71.3 Å². The highest BCUT2D eigenvalue weighted by molar-refractivity contribution is 6.01. The summed E-state index contributed by atoms with van der Waals surface area (Å²) in [5.74, 6) is -13.1. The maximum Gasteiger partial charge on any atom is 0.397 e. The minimum Gasteiger partial charge on any atom is -0.377 e. The first-order valence-electron chi connectivity index (χ1n) is 40.5. The molecule has 6 bridgehead atoms. The number of carbonyl (C=O) groups excluding carboxylic acids is 12. The maximum atomic E-state index is 15.8. The number of nitrogens with one attached hydrogen (secondary N) is 3. The average molecular weight is 1540 g/mol. The lowest BCUT2D eigenvalue weighted by atomic mass is 9.74. The third-order valence-electron chi connectivity index (χ3n) is 25.5. The summed E-state index contributed by atoms with van der Waals surface area (Å²) in [6, 6.07) is -11.0. The molecular weight excluding hydrogens is 1420 g/mol. The van der Waals surface area contributed by atoms with E-state index in [1.807, 2.05) is 32.9 Å². The third kappa shape index (κ3) is 20.3. The highest BCUT2D eigenvalue weighted by Gasteiger charge is 2.56. The fraction of sp³-hybridized carbons (Fsp3) is 0.797. The number of alkyl halides is 5. The number of amides is 12. The van der Waals surface area contributed by atoms with E-state index < -0.39 is 211 Å². The highest BCUT2D eigenvalue weighted by atomic mass is 19.4. The molecule has 1 spiro atoms. The Balaban J connectivity index is 1.16. The van der Waals surface area contributed by atoms with Crippen LogP contribution in [0.5, 0.6) is 0 Å². The summed E-state index contributed by atoms with van der Waals surface area (Å²) in [6.45, 7) is 8.50. The first kappa shape index (κ1) is 85.7. The number of carbonyl (C=O) groups is 12. The zero-order chi connectivity index (χ0) is 79.5. The zero-order valence-electron chi connectivity index (χ0n) is 65.8. The number of likely N-dealkylation sites (tertiary alicyclic amines) is 1. The molecule has 11 aliphatic rings. The van der Waals surface area contributed by atoms with Crippen LogP contribution in [0.1, 0.15) is 202 Å². The smallest absolute Gasteiger partial charge is 0.377 e. The predicted molar refractivity (Wildman–Crippen MR) is 395 cm³/mol. The lowest BCUT2D eigenvalue weighted by Gasteiger charge is -2.47. The van der Waals surface area contributed by atoms with Crippen molar-refractivity contribution >= 4 is 70.9 Å². The van der Waals surface area contributed by atoms with Crippen LogP contribution in [-0.2, 0) is 62.3 Å². The van der Waals surface area contributed by atoms with Crippen molar-refractivity contribution in [1.82, 2.24) is 60.0 Å². The van der Waals surface area contributed by atoms with Crippen molar-refractivity contribution in [1.29, 1.82) is 0 Å². The molecule has 4 aliphatic carbocycles. The fourth-order valence-electron chi connectivity index (χ4n) is 18.1. The van der Waals surface area contributed by atoms with Gasteiger partial charge in [0.1, 0.15) is 78.7 Å². The van der Waals surface area contributed by atoms with Gasteiger partial charge in [0, 0.05) is 80.5 Å². The van der Waals surface area contributed by atoms with Gasteiger partial charge in [0.05, 0.1) is 19.1 Å². The first-order valence-corrected chi connectivity index (χ1v) is 40.5. The molecule has 7 aliphatic heterocycles. The number of hydrogen-bond acceptors (Lipinski definition) is 13. The molecule has 0 aromatic heterocycles. The van der Waals surface area contributed by atoms with Gasteiger partial charge in [-0.25, -0.2) is 8.78 Å². The topological polar surface area (TPSA) is 279 Å². The maximum absolute atomic E-state index is 15.8. The van der Waals surface area contributed by atoms with Gasteiger partial charge >= 0.3 is 6.18 Å². The van der Waals surface area contributed by atoms with E-state index in [4.69, 9.17) is 4.74 Å². The molecule has 2 saturated heterocycles. The highest BCUT2D eigenvalue weighted by Crippen LogP contribution is 2.45. The quantitative estimate of drug-likeness (QED) is 0.103. The lowest BCUT2D eigenvalue weighted by molar-refractivity contribution is -0.219. The molecule has 109 heavy (non-hydrogen) atoms. The van der Waals surface area contributed by atoms with Crippen LogP contribution in [0.4, 0.5) is 22.0 Å². The number of halogens is 5. The van der Waals surface area contributed by atoms with Crippen LogP contribution in [0.2, 0.25) is 0 Å². The summed E-state index contributed by atoms with van der Waals surface area (Å²) in [6.07, 6.45) is 2.19. The van der Waals surface area contributed by atoms with E-state index in [-0.39, 0.29) is 82.9 Å². The van der Waals surface area contributed by atoms with Crippen molar-refractivity contribution in [3.05, 3.63) is 24.3 Å². The summed E-state index contributed by atoms with van der Waals surface area (Å²) in [5.41, 5.74) is -1.66. The van der Waals surface area contributed by atoms with Gasteiger partial charge in [0.25, 0.3) is 0 Å². The Hall–Kier alpha value is -7.27. The van der Waals surface area contributed by atoms with E-state index >= 15 is 61.5 Å². The monoisotopic (exact) mass is 1540 g/mol. The van der Waals surface area contributed by atoms with Gasteiger partial charge in [-0.3, -0.25) is 57.5 Å². The molecule has 11 rings (SSSR count). The number of nitrogens with zero attached hydrogens (tertiary/aromatic N) is 9. The number of allylic oxidation sites excluding steroid dienone is 2. The minimum atomic E-state index is -5.18. The van der Waals surface area contributed by atoms with Crippen LogP contribution in [0.15, 0.2) is 24.3 Å². The van der Waals surface area contributed by atoms with Gasteiger partial charge in [0.15, 0.2) is 0 Å². The van der Waals surface area contributed by atoms with Gasteiger partial charge in [0.2, 0.25) is 70.9 Å². The van der Waals surface area contributed by atoms with Crippen LogP contribution in [0.3, 0.4) is 0 Å². The van der Waals surface area contributed by atoms with Crippen molar-refractivity contribution in [2.24, 2.45) is 35.5 Å². The van der Waals surface area contributed by atoms with Crippen LogP contribution in [0.25, 0.3) is 0 Å². The second kappa shape index (κ2) is 37.8. The second-order valence-electron chi connectivity index (χ2n) is 32.7. The molecule has 0 aromatic carbocycles. The molecule has 610 valence electrons. The Bertz CT molecular complexity index is 3310. The summed E-state index contributed by atoms with van der Waals surface area (Å²) in [7, 11) is 7.18. The van der Waals surface area contributed by atoms with Crippen molar-refractivity contribution in [3.63, 3.8) is 0 Å². The number of fused-ring (bicyclic) bond motifs is 22. The second-order valence-corrected chi connectivity index (χ2v) is 32.7. The average Bonchev–Trinajstić information content (AvgIpc) is 1.44. The van der Waals surface area contributed by atoms with Gasteiger partial charge < -0.3 is 64.8 Å². The summed E-state index contributed by atoms with van der Waals surface area (Å²) < 4.78 is 79.2. The lowest BCUT2D eigenvalue weighted by Crippen LogP contribution is -2.68. The molecule has 0 aromatic rings. The summed E-state index contributed by atoms with van der Waals surface area (Å²) >= 11 is 0. The van der Waals surface area contributed by atoms with E-state index in [1.54, 1.807) is 24.8 Å². The number of likely N-dealkylation sites (N-methyl/N-ethyl adjacent to an activating group) is 5. The van der Waals surface area contributed by atoms with Crippen molar-refractivity contribution in [2.75, 3.05) is 81.1 Å². The van der Waals surface area contributed by atoms with Crippen molar-refractivity contribution in [3.8, 4) is 0 Å². The Morgan fingerprint density at radius 1 is 0.606 bits per heavy atom. The summed E-state index contributed by atoms with van der Waals surface area (Å²) in [4.78, 5) is 197. The van der Waals surface area contributed by atoms with E-state index in [0.717, 1.165) is 4.90 Å². The first-order chi connectivity index (χ1) is 51.8. The molecule has 7 heterocycles. The molecule has 3 N–H and O–H groups in total. The fourth-order valence-corrected chi connectivity index (χ4v) is 18.1. The van der Waals surface area contributed by atoms with Gasteiger partial charge in [-0.2, -0.15) is 13.2 Å². The largest absolute Gasteiger partial charge is 0.397 e. The Kier molecular flexibility index (Phi) is 29.8. The third-order valence-corrected chi connectivity index (χ3v) is 25.5. The molecule has 30 heteroatoms. The molecule has 2 unspecified atom stereocenters. The summed E-state index contributed by atoms with van der Waals surface area (Å²) in [5, 5.41) is 8.77. The Labute approximate surface area is 639 Å². The Morgan fingerprint density at radius 2 is 1.27 bits per heavy atom. The van der Waals surface area contributed by atoms with E-state index in [0.29, 0.717) is 109 Å². The standard InChI is InChI=1S/C79H121F5N12O13/c1-11-48(5)67-75(106)95(53-32-33-53)47-65(99)90(8)59-26-19-16-20-39-94(74(59)105)62-42-50-29-27-49(28-30-50)24-17-15-18-25-58(69(100)86-67)89(7)64(98)44-61(73(104)93-37-21-22-38-93)91(9)76(107)68(52(12-2)13-3)92(10)77(108)78(35-23-36-78)87-70(101)60-43-54(109-14-4)45-96(60)71(102)57(85-63(97)46-88(6)72(62)103)34-31-51-40-55(80)66(56(81)41-51)79(82,83)84/h16-17,19,24,48-62,66-68H,11-15,18,20-23,25-47H2,1-10H3,(H,85,97)(H,86,100)(H,87,101)/b19-16-,24-17+/t48-,49?,50?,51?,54+,55?,56?,57-,58-,59-,60-,61-,62-,66?,67-,68-/m0/s1. The Morgan fingerprint density at radius 3 is 1.87 bits per heavy atom. The molecule has 12 atom stereocenters. The van der Waals surface area contributed by atoms with Crippen LogP contribution in [0, 0.1) is 35.5 Å². The molecule has 0 radical (unpaired) electrons. The number of ether oxygens (including phenoxy) is 1. The van der Waals surface area contributed by atoms with Gasteiger partial charge in [-0.15, -0.1) is 0 Å². The van der Waals surface area contributed by atoms with E-state index in [2.05, 4.69) is 22.0 Å². The number of hydrogen-bond donors (Lipinski definition) is 3. The van der Waals surface area contributed by atoms with Gasteiger partial charge in [-0.05, 0) is 171 Å². The predicted octanol–water partition coefficient (Wildman–Crippen LogP) is 6.80. The van der Waals surface area contributed by atoms with Crippen molar-refractivity contribution in [2.45, 2.75) is 286 Å². The number of rotatable bonds is 12.